The van der Waals surface area contributed by atoms with Crippen LogP contribution in [0.2, 0.25) is 0 Å². The van der Waals surface area contributed by atoms with Gasteiger partial charge in [0.25, 0.3) is 0 Å². The standard InChI is InChI=1S/C9H10N2O2/c10-6-3-1-2-4-7(6)13-9-5-8(12)11-9/h1-4,9H,5,10H2,(H,11,12)/t9-/m0/s1. The fourth-order valence-electron chi connectivity index (χ4n) is 1.14. The number of carbonyl (C=O) groups is 1. The second-order valence-corrected chi connectivity index (χ2v) is 2.92. The molecule has 4 heteroatoms. The van der Waals surface area contributed by atoms with Crippen molar-refractivity contribution in [2.75, 3.05) is 5.73 Å². The molecule has 0 aromatic heterocycles. The molecule has 1 aromatic carbocycles. The zero-order chi connectivity index (χ0) is 9.26. The smallest absolute Gasteiger partial charge is 0.228 e. The van der Waals surface area contributed by atoms with Crippen LogP contribution in [-0.4, -0.2) is 12.1 Å². The Morgan fingerprint density at radius 3 is 2.77 bits per heavy atom. The van der Waals surface area contributed by atoms with E-state index in [1.807, 2.05) is 12.1 Å². The normalized spacial score (nSPS) is 20.3. The van der Waals surface area contributed by atoms with Crippen LogP contribution in [0.15, 0.2) is 24.3 Å². The monoisotopic (exact) mass is 178 g/mol. The van der Waals surface area contributed by atoms with Gasteiger partial charge in [0.05, 0.1) is 12.1 Å². The molecule has 1 fully saturated rings. The molecule has 1 aromatic rings. The second-order valence-electron chi connectivity index (χ2n) is 2.92. The molecule has 1 aliphatic rings. The Hall–Kier alpha value is -1.71. The van der Waals surface area contributed by atoms with Crippen LogP contribution in [0.4, 0.5) is 5.69 Å². The zero-order valence-electron chi connectivity index (χ0n) is 6.99. The molecule has 1 aliphatic heterocycles. The van der Waals surface area contributed by atoms with E-state index in [9.17, 15) is 4.79 Å². The Morgan fingerprint density at radius 1 is 1.46 bits per heavy atom. The topological polar surface area (TPSA) is 64.3 Å². The summed E-state index contributed by atoms with van der Waals surface area (Å²) in [6.07, 6.45) is 0.200. The van der Waals surface area contributed by atoms with Crippen molar-refractivity contribution in [3.05, 3.63) is 24.3 Å². The highest BCUT2D eigenvalue weighted by molar-refractivity contribution is 5.82. The van der Waals surface area contributed by atoms with E-state index in [4.69, 9.17) is 10.5 Å². The van der Waals surface area contributed by atoms with Gasteiger partial charge in [-0.05, 0) is 12.1 Å². The van der Waals surface area contributed by atoms with Crippen LogP contribution in [0.3, 0.4) is 0 Å². The van der Waals surface area contributed by atoms with E-state index in [2.05, 4.69) is 5.32 Å². The van der Waals surface area contributed by atoms with Gasteiger partial charge in [-0.15, -0.1) is 0 Å². The molecule has 1 atom stereocenters. The van der Waals surface area contributed by atoms with Crippen LogP contribution in [0.25, 0.3) is 0 Å². The van der Waals surface area contributed by atoms with Gasteiger partial charge in [-0.3, -0.25) is 4.79 Å². The first-order valence-corrected chi connectivity index (χ1v) is 4.06. The van der Waals surface area contributed by atoms with E-state index in [1.54, 1.807) is 12.1 Å². The summed E-state index contributed by atoms with van der Waals surface area (Å²) in [6.45, 7) is 0. The van der Waals surface area contributed by atoms with Gasteiger partial charge in [-0.1, -0.05) is 12.1 Å². The Labute approximate surface area is 75.7 Å². The molecule has 0 bridgehead atoms. The summed E-state index contributed by atoms with van der Waals surface area (Å²) in [5.74, 6) is 0.631. The summed E-state index contributed by atoms with van der Waals surface area (Å²) in [5.41, 5.74) is 6.23. The third-order valence-corrected chi connectivity index (χ3v) is 1.88. The lowest BCUT2D eigenvalue weighted by Crippen LogP contribution is -2.51. The fourth-order valence-corrected chi connectivity index (χ4v) is 1.14. The molecule has 4 nitrogen and oxygen atoms in total. The molecule has 0 spiro atoms. The van der Waals surface area contributed by atoms with E-state index >= 15 is 0 Å². The number of hydrogen-bond acceptors (Lipinski definition) is 3. The zero-order valence-corrected chi connectivity index (χ0v) is 6.99. The SMILES string of the molecule is Nc1ccccc1O[C@H]1CC(=O)N1. The first kappa shape index (κ1) is 7.91. The van der Waals surface area contributed by atoms with Gasteiger partial charge in [0.15, 0.2) is 6.23 Å². The van der Waals surface area contributed by atoms with Crippen molar-refractivity contribution in [1.82, 2.24) is 5.32 Å². The van der Waals surface area contributed by atoms with Crippen LogP contribution in [0, 0.1) is 0 Å². The van der Waals surface area contributed by atoms with E-state index in [0.717, 1.165) is 0 Å². The maximum Gasteiger partial charge on any atom is 0.228 e. The van der Waals surface area contributed by atoms with Gasteiger partial charge >= 0.3 is 0 Å². The number of ether oxygens (including phenoxy) is 1. The van der Waals surface area contributed by atoms with Crippen LogP contribution >= 0.6 is 0 Å². The molecule has 0 unspecified atom stereocenters. The molecule has 0 aliphatic carbocycles. The van der Waals surface area contributed by atoms with Crippen molar-refractivity contribution in [2.24, 2.45) is 0 Å². The number of rotatable bonds is 2. The number of para-hydroxylation sites is 2. The Morgan fingerprint density at radius 2 is 2.15 bits per heavy atom. The number of anilines is 1. The fraction of sp³-hybridized carbons (Fsp3) is 0.222. The molecule has 13 heavy (non-hydrogen) atoms. The maximum atomic E-state index is 10.6. The summed E-state index contributed by atoms with van der Waals surface area (Å²) in [4.78, 5) is 10.6. The van der Waals surface area contributed by atoms with Crippen LogP contribution in [-0.2, 0) is 4.79 Å². The Bertz CT molecular complexity index is 330. The number of hydrogen-bond donors (Lipinski definition) is 2. The molecular weight excluding hydrogens is 168 g/mol. The first-order chi connectivity index (χ1) is 6.25. The van der Waals surface area contributed by atoms with Gasteiger partial charge in [-0.2, -0.15) is 0 Å². The van der Waals surface area contributed by atoms with E-state index in [1.165, 1.54) is 0 Å². The summed E-state index contributed by atoms with van der Waals surface area (Å²) >= 11 is 0. The quantitative estimate of drug-likeness (QED) is 0.511. The van der Waals surface area contributed by atoms with Crippen molar-refractivity contribution in [3.8, 4) is 5.75 Å². The highest BCUT2D eigenvalue weighted by atomic mass is 16.5. The number of β-lactam (4-membered cyclic amide) rings is 1. The lowest BCUT2D eigenvalue weighted by molar-refractivity contribution is -0.134. The summed E-state index contributed by atoms with van der Waals surface area (Å²) in [7, 11) is 0. The minimum atomic E-state index is -0.211. The van der Waals surface area contributed by atoms with Crippen LogP contribution in [0.1, 0.15) is 6.42 Å². The van der Waals surface area contributed by atoms with Crippen LogP contribution < -0.4 is 15.8 Å². The first-order valence-electron chi connectivity index (χ1n) is 4.06. The molecule has 1 heterocycles. The summed E-state index contributed by atoms with van der Waals surface area (Å²) in [5, 5.41) is 2.60. The Kier molecular flexibility index (Phi) is 1.81. The van der Waals surface area contributed by atoms with Crippen molar-refractivity contribution in [2.45, 2.75) is 12.6 Å². The molecule has 0 radical (unpaired) electrons. The Balaban J connectivity index is 2.02. The largest absolute Gasteiger partial charge is 0.468 e. The van der Waals surface area contributed by atoms with E-state index in [-0.39, 0.29) is 12.1 Å². The lowest BCUT2D eigenvalue weighted by Gasteiger charge is -2.27. The van der Waals surface area contributed by atoms with Crippen molar-refractivity contribution in [1.29, 1.82) is 0 Å². The highest BCUT2D eigenvalue weighted by Crippen LogP contribution is 2.22. The van der Waals surface area contributed by atoms with Crippen LogP contribution in [0.5, 0.6) is 5.75 Å². The number of benzene rings is 1. The van der Waals surface area contributed by atoms with Gasteiger partial charge in [-0.25, -0.2) is 0 Å². The van der Waals surface area contributed by atoms with Crippen molar-refractivity contribution in [3.63, 3.8) is 0 Å². The van der Waals surface area contributed by atoms with Crippen molar-refractivity contribution >= 4 is 11.6 Å². The third kappa shape index (κ3) is 1.56. The number of nitrogens with one attached hydrogen (secondary N) is 1. The molecular formula is C9H10N2O2. The van der Waals surface area contributed by atoms with Gasteiger partial charge in [0.1, 0.15) is 5.75 Å². The van der Waals surface area contributed by atoms with E-state index in [0.29, 0.717) is 17.9 Å². The average Bonchev–Trinajstić information content (AvgIpc) is 2.06. The number of carbonyl (C=O) groups excluding carboxylic acids is 1. The summed E-state index contributed by atoms with van der Waals surface area (Å²) < 4.78 is 5.39. The maximum absolute atomic E-state index is 10.6. The average molecular weight is 178 g/mol. The number of amides is 1. The number of nitrogens with two attached hydrogens (primary N) is 1. The minimum absolute atomic E-state index is 0.0134. The third-order valence-electron chi connectivity index (χ3n) is 1.88. The molecule has 2 rings (SSSR count). The minimum Gasteiger partial charge on any atom is -0.468 e. The van der Waals surface area contributed by atoms with Gasteiger partial charge in [0, 0.05) is 0 Å². The molecule has 1 saturated heterocycles. The van der Waals surface area contributed by atoms with Gasteiger partial charge < -0.3 is 15.8 Å². The van der Waals surface area contributed by atoms with Gasteiger partial charge in [0.2, 0.25) is 5.91 Å². The predicted molar refractivity (Wildman–Crippen MR) is 48.0 cm³/mol. The number of nitrogen functional groups attached to an aromatic ring is 1. The van der Waals surface area contributed by atoms with Crippen molar-refractivity contribution < 1.29 is 9.53 Å². The summed E-state index contributed by atoms with van der Waals surface area (Å²) in [6, 6.07) is 7.21. The lowest BCUT2D eigenvalue weighted by atomic mass is 10.2. The predicted octanol–water partition coefficient (Wildman–Crippen LogP) is 0.494. The molecule has 3 N–H and O–H groups in total. The molecule has 0 saturated carbocycles. The second kappa shape index (κ2) is 2.97. The molecule has 68 valence electrons. The highest BCUT2D eigenvalue weighted by Gasteiger charge is 2.27. The molecule has 1 amide bonds. The van der Waals surface area contributed by atoms with E-state index < -0.39 is 0 Å².